The Morgan fingerprint density at radius 3 is 2.40 bits per heavy atom. The SMILES string of the molecule is O=S(=O)(F)C1CCCCO1. The summed E-state index contributed by atoms with van der Waals surface area (Å²) in [7, 11) is -4.45. The van der Waals surface area contributed by atoms with Crippen LogP contribution in [0, 0.1) is 0 Å². The van der Waals surface area contributed by atoms with Gasteiger partial charge in [0.05, 0.1) is 0 Å². The van der Waals surface area contributed by atoms with Crippen LogP contribution in [-0.2, 0) is 15.0 Å². The second-order valence-corrected chi connectivity index (χ2v) is 3.75. The Morgan fingerprint density at radius 1 is 1.40 bits per heavy atom. The third-order valence-electron chi connectivity index (χ3n) is 1.45. The van der Waals surface area contributed by atoms with Crippen LogP contribution >= 0.6 is 0 Å². The summed E-state index contributed by atoms with van der Waals surface area (Å²) in [6.45, 7) is 0.355. The van der Waals surface area contributed by atoms with E-state index in [1.54, 1.807) is 0 Å². The molecule has 0 aromatic heterocycles. The zero-order valence-electron chi connectivity index (χ0n) is 5.42. The minimum absolute atomic E-state index is 0.291. The smallest absolute Gasteiger partial charge is 0.329 e. The van der Waals surface area contributed by atoms with Crippen molar-refractivity contribution in [2.45, 2.75) is 24.7 Å². The predicted molar refractivity (Wildman–Crippen MR) is 33.6 cm³/mol. The van der Waals surface area contributed by atoms with Gasteiger partial charge in [-0.05, 0) is 19.3 Å². The molecule has 0 aromatic rings. The lowest BCUT2D eigenvalue weighted by atomic mass is 10.2. The van der Waals surface area contributed by atoms with Crippen LogP contribution in [0.5, 0.6) is 0 Å². The first-order chi connectivity index (χ1) is 4.61. The van der Waals surface area contributed by atoms with Crippen LogP contribution in [0.25, 0.3) is 0 Å². The Hall–Kier alpha value is -0.160. The summed E-state index contributed by atoms with van der Waals surface area (Å²) < 4.78 is 37.2. The summed E-state index contributed by atoms with van der Waals surface area (Å²) in [5.74, 6) is 0. The lowest BCUT2D eigenvalue weighted by molar-refractivity contribution is 0.0632. The average molecular weight is 168 g/mol. The van der Waals surface area contributed by atoms with Gasteiger partial charge in [0.1, 0.15) is 0 Å². The number of halogens is 1. The summed E-state index contributed by atoms with van der Waals surface area (Å²) in [6.07, 6.45) is 1.85. The first-order valence-electron chi connectivity index (χ1n) is 3.16. The van der Waals surface area contributed by atoms with Crippen LogP contribution in [-0.4, -0.2) is 20.5 Å². The van der Waals surface area contributed by atoms with Gasteiger partial charge in [0.25, 0.3) is 0 Å². The van der Waals surface area contributed by atoms with Crippen LogP contribution < -0.4 is 0 Å². The van der Waals surface area contributed by atoms with Crippen molar-refractivity contribution in [1.82, 2.24) is 0 Å². The molecule has 0 saturated carbocycles. The van der Waals surface area contributed by atoms with Gasteiger partial charge in [-0.1, -0.05) is 0 Å². The van der Waals surface area contributed by atoms with Crippen molar-refractivity contribution in [2.75, 3.05) is 6.61 Å². The van der Waals surface area contributed by atoms with Gasteiger partial charge in [0, 0.05) is 6.61 Å². The van der Waals surface area contributed by atoms with E-state index in [0.717, 1.165) is 12.8 Å². The molecule has 0 aromatic carbocycles. The van der Waals surface area contributed by atoms with Crippen molar-refractivity contribution in [3.05, 3.63) is 0 Å². The molecule has 0 radical (unpaired) electrons. The maximum Gasteiger partial charge on any atom is 0.329 e. The molecule has 0 spiro atoms. The zero-order valence-corrected chi connectivity index (χ0v) is 6.23. The molecular weight excluding hydrogens is 159 g/mol. The van der Waals surface area contributed by atoms with Crippen molar-refractivity contribution in [2.24, 2.45) is 0 Å². The molecule has 1 aliphatic rings. The molecule has 0 aliphatic carbocycles. The Bertz CT molecular complexity index is 193. The zero-order chi connectivity index (χ0) is 7.61. The van der Waals surface area contributed by atoms with Gasteiger partial charge in [-0.2, -0.15) is 8.42 Å². The number of ether oxygens (including phenoxy) is 1. The number of rotatable bonds is 1. The summed E-state index contributed by atoms with van der Waals surface area (Å²) in [6, 6.07) is 0. The highest BCUT2D eigenvalue weighted by molar-refractivity contribution is 7.86. The summed E-state index contributed by atoms with van der Waals surface area (Å²) >= 11 is 0. The lowest BCUT2D eigenvalue weighted by Crippen LogP contribution is -2.25. The minimum atomic E-state index is -4.45. The van der Waals surface area contributed by atoms with Gasteiger partial charge in [-0.25, -0.2) is 0 Å². The molecule has 3 nitrogen and oxygen atoms in total. The highest BCUT2D eigenvalue weighted by Crippen LogP contribution is 2.18. The second-order valence-electron chi connectivity index (χ2n) is 2.27. The molecule has 1 rings (SSSR count). The Labute approximate surface area is 59.4 Å². The van der Waals surface area contributed by atoms with Crippen LogP contribution in [0.1, 0.15) is 19.3 Å². The van der Waals surface area contributed by atoms with Crippen molar-refractivity contribution < 1.29 is 17.0 Å². The maximum atomic E-state index is 12.1. The Balaban J connectivity index is 2.56. The first-order valence-corrected chi connectivity index (χ1v) is 4.60. The van der Waals surface area contributed by atoms with Gasteiger partial charge in [-0.15, -0.1) is 3.89 Å². The van der Waals surface area contributed by atoms with Crippen LogP contribution in [0.2, 0.25) is 0 Å². The number of hydrogen-bond donors (Lipinski definition) is 0. The topological polar surface area (TPSA) is 43.4 Å². The quantitative estimate of drug-likeness (QED) is 0.544. The molecule has 5 heteroatoms. The largest absolute Gasteiger partial charge is 0.359 e. The highest BCUT2D eigenvalue weighted by Gasteiger charge is 2.27. The minimum Gasteiger partial charge on any atom is -0.359 e. The first kappa shape index (κ1) is 7.94. The normalized spacial score (nSPS) is 28.3. The van der Waals surface area contributed by atoms with Crippen molar-refractivity contribution >= 4 is 10.2 Å². The predicted octanol–water partition coefficient (Wildman–Crippen LogP) is 0.812. The molecule has 0 bridgehead atoms. The molecule has 0 amide bonds. The van der Waals surface area contributed by atoms with E-state index in [2.05, 4.69) is 4.74 Å². The summed E-state index contributed by atoms with van der Waals surface area (Å²) in [5.41, 5.74) is -1.19. The van der Waals surface area contributed by atoms with Crippen molar-refractivity contribution in [3.8, 4) is 0 Å². The third-order valence-corrected chi connectivity index (χ3v) is 2.45. The van der Waals surface area contributed by atoms with Crippen LogP contribution in [0.4, 0.5) is 3.89 Å². The van der Waals surface area contributed by atoms with E-state index < -0.39 is 15.7 Å². The highest BCUT2D eigenvalue weighted by atomic mass is 32.3. The average Bonchev–Trinajstić information content (AvgIpc) is 1.88. The Kier molecular flexibility index (Phi) is 2.25. The molecule has 10 heavy (non-hydrogen) atoms. The summed E-state index contributed by atoms with van der Waals surface area (Å²) in [4.78, 5) is 0. The molecule has 1 atom stereocenters. The van der Waals surface area contributed by atoms with Gasteiger partial charge in [0.15, 0.2) is 5.44 Å². The van der Waals surface area contributed by atoms with Gasteiger partial charge in [-0.3, -0.25) is 0 Å². The Morgan fingerprint density at radius 2 is 2.10 bits per heavy atom. The molecule has 60 valence electrons. The van der Waals surface area contributed by atoms with E-state index >= 15 is 0 Å². The van der Waals surface area contributed by atoms with E-state index in [4.69, 9.17) is 0 Å². The van der Waals surface area contributed by atoms with Crippen LogP contribution in [0.3, 0.4) is 0 Å². The summed E-state index contributed by atoms with van der Waals surface area (Å²) in [5, 5.41) is 0. The maximum absolute atomic E-state index is 12.1. The second kappa shape index (κ2) is 2.84. The molecule has 1 heterocycles. The van der Waals surface area contributed by atoms with Gasteiger partial charge in [0.2, 0.25) is 0 Å². The molecule has 1 saturated heterocycles. The van der Waals surface area contributed by atoms with Crippen molar-refractivity contribution in [3.63, 3.8) is 0 Å². The van der Waals surface area contributed by atoms with E-state index in [0.29, 0.717) is 13.0 Å². The third kappa shape index (κ3) is 1.91. The van der Waals surface area contributed by atoms with Crippen molar-refractivity contribution in [1.29, 1.82) is 0 Å². The van der Waals surface area contributed by atoms with E-state index in [9.17, 15) is 12.3 Å². The molecular formula is C5H9FO3S. The van der Waals surface area contributed by atoms with Gasteiger partial charge < -0.3 is 4.74 Å². The fraction of sp³-hybridized carbons (Fsp3) is 1.00. The van der Waals surface area contributed by atoms with Crippen LogP contribution in [0.15, 0.2) is 0 Å². The fourth-order valence-corrected chi connectivity index (χ4v) is 1.64. The lowest BCUT2D eigenvalue weighted by Gasteiger charge is -2.18. The number of hydrogen-bond acceptors (Lipinski definition) is 3. The standard InChI is InChI=1S/C5H9FO3S/c6-10(7,8)5-3-1-2-4-9-5/h5H,1-4H2. The van der Waals surface area contributed by atoms with E-state index in [-0.39, 0.29) is 0 Å². The van der Waals surface area contributed by atoms with E-state index in [1.165, 1.54) is 0 Å². The monoisotopic (exact) mass is 168 g/mol. The molecule has 1 aliphatic heterocycles. The fourth-order valence-electron chi connectivity index (χ4n) is 0.933. The van der Waals surface area contributed by atoms with E-state index in [1.807, 2.05) is 0 Å². The molecule has 1 unspecified atom stereocenters. The molecule has 0 N–H and O–H groups in total. The molecule has 1 fully saturated rings. The van der Waals surface area contributed by atoms with Gasteiger partial charge >= 0.3 is 10.2 Å².